The number of carboxylic acid groups (broad SMARTS) is 1. The number of nitrogens with two attached hydrogens (primary N) is 4. The van der Waals surface area contributed by atoms with Gasteiger partial charge in [0.1, 0.15) is 18.1 Å². The van der Waals surface area contributed by atoms with Crippen LogP contribution in [0.1, 0.15) is 50.6 Å². The van der Waals surface area contributed by atoms with Crippen LogP contribution in [0, 0.1) is 0 Å². The molecule has 0 spiro atoms. The summed E-state index contributed by atoms with van der Waals surface area (Å²) in [5.74, 6) is -4.41. The third-order valence-electron chi connectivity index (χ3n) is 5.52. The number of hydrogen-bond donors (Lipinski definition) is 9. The highest BCUT2D eigenvalue weighted by Gasteiger charge is 2.31. The lowest BCUT2D eigenvalue weighted by Crippen LogP contribution is -2.58. The topological polar surface area (TPSA) is 274 Å². The zero-order valence-corrected chi connectivity index (χ0v) is 20.8. The van der Waals surface area contributed by atoms with Gasteiger partial charge >= 0.3 is 5.97 Å². The summed E-state index contributed by atoms with van der Waals surface area (Å²) < 4.78 is 0. The van der Waals surface area contributed by atoms with Gasteiger partial charge in [-0.2, -0.15) is 0 Å². The summed E-state index contributed by atoms with van der Waals surface area (Å²) in [7, 11) is 0. The molecule has 0 aliphatic carbocycles. The molecule has 0 bridgehead atoms. The van der Waals surface area contributed by atoms with Crippen molar-refractivity contribution in [3.8, 4) is 0 Å². The van der Waals surface area contributed by atoms with Gasteiger partial charge in [0.15, 0.2) is 0 Å². The molecule has 15 heteroatoms. The van der Waals surface area contributed by atoms with Crippen molar-refractivity contribution in [3.63, 3.8) is 0 Å². The molecule has 4 unspecified atom stereocenters. The van der Waals surface area contributed by atoms with Gasteiger partial charge in [-0.15, -0.1) is 0 Å². The van der Waals surface area contributed by atoms with E-state index in [1.807, 2.05) is 0 Å². The molecule has 0 fully saturated rings. The van der Waals surface area contributed by atoms with Crippen LogP contribution in [0.5, 0.6) is 0 Å². The monoisotopic (exact) mass is 525 g/mol. The summed E-state index contributed by atoms with van der Waals surface area (Å²) >= 11 is 0. The first-order valence-electron chi connectivity index (χ1n) is 12.1. The van der Waals surface area contributed by atoms with Crippen molar-refractivity contribution < 1.29 is 29.1 Å². The number of imidazole rings is 1. The van der Waals surface area contributed by atoms with Crippen LogP contribution >= 0.6 is 0 Å². The van der Waals surface area contributed by atoms with E-state index in [4.69, 9.17) is 22.9 Å². The van der Waals surface area contributed by atoms with Crippen LogP contribution in [-0.4, -0.2) is 81.9 Å². The number of primary amides is 1. The molecule has 0 radical (unpaired) electrons. The molecule has 208 valence electrons. The second kappa shape index (κ2) is 17.0. The molecule has 0 aliphatic heterocycles. The summed E-state index contributed by atoms with van der Waals surface area (Å²) in [6.07, 6.45) is 4.99. The van der Waals surface area contributed by atoms with Gasteiger partial charge < -0.3 is 49.0 Å². The fourth-order valence-corrected chi connectivity index (χ4v) is 3.45. The van der Waals surface area contributed by atoms with Crippen molar-refractivity contribution >= 4 is 29.6 Å². The number of aromatic amines is 1. The number of unbranched alkanes of at least 4 members (excludes halogenated alkanes) is 2. The number of carboxylic acids is 1. The zero-order chi connectivity index (χ0) is 27.8. The molecule has 4 atom stereocenters. The van der Waals surface area contributed by atoms with Gasteiger partial charge in [0.05, 0.1) is 18.8 Å². The lowest BCUT2D eigenvalue weighted by molar-refractivity contribution is -0.142. The van der Waals surface area contributed by atoms with Crippen molar-refractivity contribution in [1.29, 1.82) is 0 Å². The van der Waals surface area contributed by atoms with E-state index < -0.39 is 60.2 Å². The smallest absolute Gasteiger partial charge is 0.326 e. The van der Waals surface area contributed by atoms with Gasteiger partial charge in [-0.25, -0.2) is 9.78 Å². The maximum atomic E-state index is 13.0. The number of nitrogens with one attached hydrogen (secondary N) is 4. The number of aromatic nitrogens is 2. The van der Waals surface area contributed by atoms with Crippen LogP contribution in [0.2, 0.25) is 0 Å². The van der Waals surface area contributed by atoms with Gasteiger partial charge in [0, 0.05) is 18.3 Å². The molecule has 4 amide bonds. The first kappa shape index (κ1) is 31.5. The van der Waals surface area contributed by atoms with Crippen LogP contribution in [-0.2, 0) is 30.4 Å². The van der Waals surface area contributed by atoms with Crippen molar-refractivity contribution in [2.45, 2.75) is 75.5 Å². The number of carbonyl (C=O) groups excluding carboxylic acids is 4. The normalized spacial score (nSPS) is 14.1. The quantitative estimate of drug-likeness (QED) is 0.0823. The Hall–Kier alpha value is -3.56. The second-order valence-corrected chi connectivity index (χ2v) is 8.65. The first-order valence-corrected chi connectivity index (χ1v) is 12.1. The number of H-pyrrole nitrogens is 1. The number of hydrogen-bond acceptors (Lipinski definition) is 9. The Balaban J connectivity index is 3.00. The third kappa shape index (κ3) is 12.3. The number of aliphatic carboxylic acids is 1. The number of carbonyl (C=O) groups is 5. The van der Waals surface area contributed by atoms with E-state index in [1.54, 1.807) is 0 Å². The Labute approximate surface area is 214 Å². The van der Waals surface area contributed by atoms with Crippen molar-refractivity contribution in [3.05, 3.63) is 18.2 Å². The molecule has 1 heterocycles. The van der Waals surface area contributed by atoms with E-state index in [-0.39, 0.29) is 12.8 Å². The van der Waals surface area contributed by atoms with E-state index in [1.165, 1.54) is 12.5 Å². The van der Waals surface area contributed by atoms with Crippen LogP contribution in [0.15, 0.2) is 12.5 Å². The Bertz CT molecular complexity index is 880. The molecule has 0 aliphatic rings. The average Bonchev–Trinajstić information content (AvgIpc) is 3.35. The van der Waals surface area contributed by atoms with Crippen LogP contribution < -0.4 is 38.9 Å². The Morgan fingerprint density at radius 2 is 1.43 bits per heavy atom. The zero-order valence-electron chi connectivity index (χ0n) is 20.8. The highest BCUT2D eigenvalue weighted by molar-refractivity contribution is 5.96. The molecular formula is C22H39N9O6. The highest BCUT2D eigenvalue weighted by atomic mass is 16.4. The van der Waals surface area contributed by atoms with Gasteiger partial charge in [0.25, 0.3) is 0 Å². The predicted octanol–water partition coefficient (Wildman–Crippen LogP) is -3.05. The summed E-state index contributed by atoms with van der Waals surface area (Å²) in [5, 5.41) is 16.8. The lowest BCUT2D eigenvalue weighted by Gasteiger charge is -2.24. The Morgan fingerprint density at radius 3 is 1.97 bits per heavy atom. The third-order valence-corrected chi connectivity index (χ3v) is 5.52. The summed E-state index contributed by atoms with van der Waals surface area (Å²) in [6.45, 7) is 0.818. The van der Waals surface area contributed by atoms with Gasteiger partial charge in [-0.05, 0) is 45.2 Å². The largest absolute Gasteiger partial charge is 0.480 e. The van der Waals surface area contributed by atoms with Crippen LogP contribution in [0.25, 0.3) is 0 Å². The Morgan fingerprint density at radius 1 is 0.865 bits per heavy atom. The van der Waals surface area contributed by atoms with E-state index in [9.17, 15) is 29.1 Å². The highest BCUT2D eigenvalue weighted by Crippen LogP contribution is 2.06. The van der Waals surface area contributed by atoms with Gasteiger partial charge in [0.2, 0.25) is 23.6 Å². The van der Waals surface area contributed by atoms with E-state index in [0.717, 1.165) is 0 Å². The maximum Gasteiger partial charge on any atom is 0.326 e. The molecule has 0 saturated heterocycles. The molecule has 1 rings (SSSR count). The fourth-order valence-electron chi connectivity index (χ4n) is 3.45. The molecule has 0 aromatic carbocycles. The average molecular weight is 526 g/mol. The standard InChI is InChI=1S/C22H39N9O6/c23-7-3-1-5-14(25)19(33)30-17(10-18(26)32)21(35)31-16(9-13-11-27-12-28-13)20(34)29-15(22(36)37)6-2-4-8-24/h11-12,14-17H,1-10,23-25H2,(H2,26,32)(H,27,28)(H,29,34)(H,30,33)(H,31,35)(H,36,37). The molecule has 37 heavy (non-hydrogen) atoms. The Kier molecular flexibility index (Phi) is 14.5. The molecule has 1 aromatic heterocycles. The van der Waals surface area contributed by atoms with Crippen molar-refractivity contribution in [1.82, 2.24) is 25.9 Å². The summed E-state index contributed by atoms with van der Waals surface area (Å²) in [6, 6.07) is -4.80. The van der Waals surface area contributed by atoms with Crippen LogP contribution in [0.4, 0.5) is 0 Å². The van der Waals surface area contributed by atoms with E-state index in [2.05, 4.69) is 25.9 Å². The van der Waals surface area contributed by atoms with E-state index in [0.29, 0.717) is 50.9 Å². The molecule has 0 saturated carbocycles. The number of nitrogens with zero attached hydrogens (tertiary/aromatic N) is 1. The molecule has 1 aromatic rings. The molecular weight excluding hydrogens is 486 g/mol. The van der Waals surface area contributed by atoms with Gasteiger partial charge in [-0.1, -0.05) is 6.42 Å². The number of rotatable bonds is 19. The van der Waals surface area contributed by atoms with Gasteiger partial charge in [-0.3, -0.25) is 19.2 Å². The summed E-state index contributed by atoms with van der Waals surface area (Å²) in [5.41, 5.74) is 22.5. The summed E-state index contributed by atoms with van der Waals surface area (Å²) in [4.78, 5) is 68.4. The predicted molar refractivity (Wildman–Crippen MR) is 133 cm³/mol. The van der Waals surface area contributed by atoms with E-state index >= 15 is 0 Å². The minimum absolute atomic E-state index is 0.0669. The van der Waals surface area contributed by atoms with Crippen molar-refractivity contribution in [2.75, 3.05) is 13.1 Å². The van der Waals surface area contributed by atoms with Crippen molar-refractivity contribution in [2.24, 2.45) is 22.9 Å². The minimum atomic E-state index is -1.40. The number of amides is 4. The lowest BCUT2D eigenvalue weighted by atomic mass is 10.1. The SMILES string of the molecule is NCCCCC(N)C(=O)NC(CC(N)=O)C(=O)NC(Cc1cnc[nH]1)C(=O)NC(CCCCN)C(=O)O. The fraction of sp³-hybridized carbons (Fsp3) is 0.636. The maximum absolute atomic E-state index is 13.0. The van der Waals surface area contributed by atoms with Crippen LogP contribution in [0.3, 0.4) is 0 Å². The molecule has 13 N–H and O–H groups in total. The minimum Gasteiger partial charge on any atom is -0.480 e. The molecule has 15 nitrogen and oxygen atoms in total. The first-order chi connectivity index (χ1) is 17.6. The second-order valence-electron chi connectivity index (χ2n) is 8.65.